The Morgan fingerprint density at radius 2 is 1.96 bits per heavy atom. The molecular formula is C17H27F3N4O2S. The van der Waals surface area contributed by atoms with Crippen LogP contribution in [0.25, 0.3) is 0 Å². The molecule has 0 spiro atoms. The number of rotatable bonds is 11. The Labute approximate surface area is 161 Å². The van der Waals surface area contributed by atoms with Crippen LogP contribution in [0.15, 0.2) is 10.4 Å². The van der Waals surface area contributed by atoms with E-state index in [0.717, 1.165) is 42.4 Å². The van der Waals surface area contributed by atoms with Crippen molar-refractivity contribution in [3.63, 3.8) is 0 Å². The predicted octanol–water partition coefficient (Wildman–Crippen LogP) is 3.73. The monoisotopic (exact) mass is 408 g/mol. The molecule has 2 N–H and O–H groups in total. The minimum Gasteiger partial charge on any atom is -0.466 e. The number of ether oxygens (including phenoxy) is 1. The van der Waals surface area contributed by atoms with Gasteiger partial charge in [0, 0.05) is 24.9 Å². The van der Waals surface area contributed by atoms with E-state index >= 15 is 0 Å². The second-order valence-electron chi connectivity index (χ2n) is 5.72. The zero-order valence-corrected chi connectivity index (χ0v) is 16.5. The first-order valence-corrected chi connectivity index (χ1v) is 9.94. The molecule has 154 valence electrons. The van der Waals surface area contributed by atoms with Crippen LogP contribution in [0.2, 0.25) is 0 Å². The number of carbonyl (C=O) groups excluding carboxylic acids is 1. The van der Waals surface area contributed by atoms with E-state index in [0.29, 0.717) is 37.1 Å². The second-order valence-corrected chi connectivity index (χ2v) is 6.66. The van der Waals surface area contributed by atoms with Gasteiger partial charge >= 0.3 is 12.1 Å². The van der Waals surface area contributed by atoms with Crippen LogP contribution in [0.1, 0.15) is 56.7 Å². The quantitative estimate of drug-likeness (QED) is 0.253. The summed E-state index contributed by atoms with van der Waals surface area (Å²) in [5.74, 6) is 0.390. The van der Waals surface area contributed by atoms with Crippen LogP contribution in [0.4, 0.5) is 13.2 Å². The van der Waals surface area contributed by atoms with Crippen molar-refractivity contribution in [3.8, 4) is 0 Å². The van der Waals surface area contributed by atoms with E-state index in [9.17, 15) is 18.0 Å². The molecule has 0 aromatic carbocycles. The van der Waals surface area contributed by atoms with Crippen LogP contribution >= 0.6 is 11.3 Å². The number of thiazole rings is 1. The molecule has 27 heavy (non-hydrogen) atoms. The highest BCUT2D eigenvalue weighted by molar-refractivity contribution is 7.09. The van der Waals surface area contributed by atoms with Gasteiger partial charge < -0.3 is 15.4 Å². The van der Waals surface area contributed by atoms with Gasteiger partial charge in [0.05, 0.1) is 13.2 Å². The topological polar surface area (TPSA) is 75.6 Å². The van der Waals surface area contributed by atoms with Crippen LogP contribution in [-0.2, 0) is 22.3 Å². The van der Waals surface area contributed by atoms with E-state index in [-0.39, 0.29) is 12.5 Å². The molecule has 1 heterocycles. The summed E-state index contributed by atoms with van der Waals surface area (Å²) in [7, 11) is 0. The summed E-state index contributed by atoms with van der Waals surface area (Å²) in [6.07, 6.45) is -0.365. The molecule has 0 saturated carbocycles. The Bertz CT molecular complexity index is 591. The summed E-state index contributed by atoms with van der Waals surface area (Å²) in [6.45, 7) is 5.55. The number of halogens is 3. The van der Waals surface area contributed by atoms with Gasteiger partial charge in [0.15, 0.2) is 11.7 Å². The molecule has 0 radical (unpaired) electrons. The third-order valence-corrected chi connectivity index (χ3v) is 4.30. The lowest BCUT2D eigenvalue weighted by Crippen LogP contribution is -2.37. The second kappa shape index (κ2) is 12.5. The van der Waals surface area contributed by atoms with Gasteiger partial charge in [0.1, 0.15) is 5.01 Å². The molecule has 1 aromatic rings. The SMILES string of the molecule is CCNC(=NCc1nc(C(F)(F)F)cs1)NCCCCCCC(=O)OCC. The van der Waals surface area contributed by atoms with Crippen molar-refractivity contribution in [1.29, 1.82) is 0 Å². The maximum absolute atomic E-state index is 12.6. The number of unbranched alkanes of at least 4 members (excludes halogenated alkanes) is 3. The highest BCUT2D eigenvalue weighted by Crippen LogP contribution is 2.30. The molecule has 0 aliphatic carbocycles. The smallest absolute Gasteiger partial charge is 0.434 e. The van der Waals surface area contributed by atoms with Gasteiger partial charge in [0.25, 0.3) is 0 Å². The van der Waals surface area contributed by atoms with Crippen molar-refractivity contribution >= 4 is 23.3 Å². The van der Waals surface area contributed by atoms with Crippen molar-refractivity contribution in [2.75, 3.05) is 19.7 Å². The summed E-state index contributed by atoms with van der Waals surface area (Å²) in [4.78, 5) is 19.0. The predicted molar refractivity (Wildman–Crippen MR) is 99.7 cm³/mol. The lowest BCUT2D eigenvalue weighted by molar-refractivity contribution is -0.143. The molecule has 0 bridgehead atoms. The molecule has 1 aromatic heterocycles. The standard InChI is InChI=1S/C17H27F3N4O2S/c1-3-21-16(22-10-8-6-5-7-9-15(25)26-4-2)23-11-14-24-13(12-27-14)17(18,19)20/h12H,3-11H2,1-2H3,(H2,21,22,23). The average molecular weight is 408 g/mol. The van der Waals surface area contributed by atoms with E-state index in [1.165, 1.54) is 0 Å². The lowest BCUT2D eigenvalue weighted by atomic mass is 10.1. The maximum Gasteiger partial charge on any atom is 0.434 e. The van der Waals surface area contributed by atoms with Gasteiger partial charge in [-0.15, -0.1) is 11.3 Å². The van der Waals surface area contributed by atoms with Crippen molar-refractivity contribution in [2.45, 2.75) is 58.7 Å². The number of guanidine groups is 1. The first-order valence-electron chi connectivity index (χ1n) is 9.06. The summed E-state index contributed by atoms with van der Waals surface area (Å²) in [5.41, 5.74) is -0.876. The first kappa shape index (κ1) is 23.2. The van der Waals surface area contributed by atoms with Crippen LogP contribution in [0, 0.1) is 0 Å². The Hall–Kier alpha value is -1.84. The number of hydrogen-bond acceptors (Lipinski definition) is 5. The van der Waals surface area contributed by atoms with E-state index in [2.05, 4.69) is 20.6 Å². The molecule has 0 unspecified atom stereocenters. The summed E-state index contributed by atoms with van der Waals surface area (Å²) in [6, 6.07) is 0. The number of hydrogen-bond donors (Lipinski definition) is 2. The zero-order chi connectivity index (χ0) is 20.1. The van der Waals surface area contributed by atoms with Crippen LogP contribution in [0.5, 0.6) is 0 Å². The van der Waals surface area contributed by atoms with Gasteiger partial charge in [-0.05, 0) is 26.7 Å². The van der Waals surface area contributed by atoms with Gasteiger partial charge in [-0.25, -0.2) is 9.98 Å². The first-order chi connectivity index (χ1) is 12.9. The summed E-state index contributed by atoms with van der Waals surface area (Å²) in [5, 5.41) is 7.52. The van der Waals surface area contributed by atoms with E-state index in [4.69, 9.17) is 4.74 Å². The van der Waals surface area contributed by atoms with Crippen LogP contribution in [-0.4, -0.2) is 36.6 Å². The van der Waals surface area contributed by atoms with Gasteiger partial charge in [-0.2, -0.15) is 13.2 Å². The van der Waals surface area contributed by atoms with Crippen molar-refractivity contribution in [1.82, 2.24) is 15.6 Å². The van der Waals surface area contributed by atoms with Crippen LogP contribution < -0.4 is 10.6 Å². The Balaban J connectivity index is 2.29. The highest BCUT2D eigenvalue weighted by atomic mass is 32.1. The molecule has 0 atom stereocenters. The van der Waals surface area contributed by atoms with E-state index < -0.39 is 11.9 Å². The van der Waals surface area contributed by atoms with Crippen LogP contribution in [0.3, 0.4) is 0 Å². The molecule has 0 saturated heterocycles. The summed E-state index contributed by atoms with van der Waals surface area (Å²) >= 11 is 0.948. The Morgan fingerprint density at radius 1 is 1.22 bits per heavy atom. The Kier molecular flexibility index (Phi) is 10.8. The molecule has 1 rings (SSSR count). The lowest BCUT2D eigenvalue weighted by Gasteiger charge is -2.10. The minimum atomic E-state index is -4.42. The fraction of sp³-hybridized carbons (Fsp3) is 0.706. The number of aromatic nitrogens is 1. The van der Waals surface area contributed by atoms with Crippen molar-refractivity contribution in [2.24, 2.45) is 4.99 Å². The molecule has 6 nitrogen and oxygen atoms in total. The van der Waals surface area contributed by atoms with E-state index in [1.807, 2.05) is 6.92 Å². The molecule has 0 amide bonds. The van der Waals surface area contributed by atoms with Crippen molar-refractivity contribution in [3.05, 3.63) is 16.1 Å². The molecule has 10 heteroatoms. The largest absolute Gasteiger partial charge is 0.466 e. The average Bonchev–Trinajstić information content (AvgIpc) is 3.08. The molecule has 0 fully saturated rings. The van der Waals surface area contributed by atoms with Crippen molar-refractivity contribution < 1.29 is 22.7 Å². The number of esters is 1. The third kappa shape index (κ3) is 10.2. The third-order valence-electron chi connectivity index (χ3n) is 3.46. The number of nitrogens with one attached hydrogen (secondary N) is 2. The number of nitrogens with zero attached hydrogens (tertiary/aromatic N) is 2. The molecule has 0 aliphatic heterocycles. The molecule has 0 aliphatic rings. The number of carbonyl (C=O) groups is 1. The zero-order valence-electron chi connectivity index (χ0n) is 15.7. The fourth-order valence-corrected chi connectivity index (χ4v) is 2.91. The fourth-order valence-electron chi connectivity index (χ4n) is 2.19. The van der Waals surface area contributed by atoms with Gasteiger partial charge in [-0.1, -0.05) is 12.8 Å². The van der Waals surface area contributed by atoms with Gasteiger partial charge in [0.2, 0.25) is 0 Å². The normalized spacial score (nSPS) is 12.1. The molecular weight excluding hydrogens is 381 g/mol. The van der Waals surface area contributed by atoms with Gasteiger partial charge in [-0.3, -0.25) is 4.79 Å². The number of alkyl halides is 3. The number of aliphatic imine (C=N–C) groups is 1. The Morgan fingerprint density at radius 3 is 2.59 bits per heavy atom. The summed E-state index contributed by atoms with van der Waals surface area (Å²) < 4.78 is 42.5. The minimum absolute atomic E-state index is 0.0929. The maximum atomic E-state index is 12.6. The van der Waals surface area contributed by atoms with E-state index in [1.54, 1.807) is 6.92 Å². The highest BCUT2D eigenvalue weighted by Gasteiger charge is 2.33.